The van der Waals surface area contributed by atoms with E-state index in [1.54, 1.807) is 0 Å². The van der Waals surface area contributed by atoms with Gasteiger partial charge in [-0.3, -0.25) is 19.3 Å². The summed E-state index contributed by atoms with van der Waals surface area (Å²) in [4.78, 5) is 35.8. The van der Waals surface area contributed by atoms with Crippen LogP contribution in [0.25, 0.3) is 6.08 Å². The summed E-state index contributed by atoms with van der Waals surface area (Å²) in [5.41, 5.74) is 0.439. The number of imide groups is 1. The molecule has 0 bridgehead atoms. The van der Waals surface area contributed by atoms with Crippen LogP contribution in [0.5, 0.6) is 11.5 Å². The van der Waals surface area contributed by atoms with Crippen molar-refractivity contribution in [3.05, 3.63) is 28.7 Å². The first-order chi connectivity index (χ1) is 9.92. The number of thioether (sulfide) groups is 1. The van der Waals surface area contributed by atoms with E-state index in [0.29, 0.717) is 17.3 Å². The van der Waals surface area contributed by atoms with Crippen molar-refractivity contribution < 1.29 is 29.3 Å². The van der Waals surface area contributed by atoms with Crippen molar-refractivity contribution >= 4 is 35.0 Å². The fourth-order valence-electron chi connectivity index (χ4n) is 1.61. The Morgan fingerprint density at radius 3 is 2.67 bits per heavy atom. The summed E-state index contributed by atoms with van der Waals surface area (Å²) in [6, 6.07) is 3.99. The van der Waals surface area contributed by atoms with E-state index in [4.69, 9.17) is 0 Å². The first kappa shape index (κ1) is 14.9. The molecule has 0 radical (unpaired) electrons. The Morgan fingerprint density at radius 2 is 2.05 bits per heavy atom. The minimum atomic E-state index is -0.694. The number of phenols is 2. The number of phenolic OH excluding ortho intramolecular Hbond substituents is 2. The van der Waals surface area contributed by atoms with Crippen molar-refractivity contribution in [2.45, 2.75) is 0 Å². The number of carbonyl (C=O) groups is 3. The van der Waals surface area contributed by atoms with Gasteiger partial charge in [0.05, 0.1) is 12.0 Å². The van der Waals surface area contributed by atoms with Crippen LogP contribution in [0.4, 0.5) is 4.79 Å². The van der Waals surface area contributed by atoms with Crippen molar-refractivity contribution in [3.8, 4) is 11.5 Å². The number of hydrogen-bond acceptors (Lipinski definition) is 7. The molecule has 1 fully saturated rings. The van der Waals surface area contributed by atoms with Gasteiger partial charge in [0.25, 0.3) is 11.1 Å². The number of carbonyl (C=O) groups excluding carboxylic acids is 3. The van der Waals surface area contributed by atoms with E-state index in [1.807, 2.05) is 0 Å². The molecule has 1 aromatic rings. The van der Waals surface area contributed by atoms with Gasteiger partial charge in [-0.1, -0.05) is 6.07 Å². The number of hydrogen-bond donors (Lipinski definition) is 2. The highest BCUT2D eigenvalue weighted by Crippen LogP contribution is 2.33. The average Bonchev–Trinajstić information content (AvgIpc) is 2.70. The van der Waals surface area contributed by atoms with Crippen molar-refractivity contribution in [1.82, 2.24) is 4.90 Å². The highest BCUT2D eigenvalue weighted by atomic mass is 32.2. The quantitative estimate of drug-likeness (QED) is 0.493. The van der Waals surface area contributed by atoms with E-state index >= 15 is 0 Å². The van der Waals surface area contributed by atoms with E-state index in [0.717, 1.165) is 12.0 Å². The van der Waals surface area contributed by atoms with Gasteiger partial charge in [0.1, 0.15) is 6.54 Å². The normalized spacial score (nSPS) is 16.6. The van der Waals surface area contributed by atoms with Gasteiger partial charge in [-0.25, -0.2) is 0 Å². The van der Waals surface area contributed by atoms with Gasteiger partial charge in [-0.2, -0.15) is 0 Å². The zero-order valence-corrected chi connectivity index (χ0v) is 11.7. The van der Waals surface area contributed by atoms with Crippen LogP contribution in [0, 0.1) is 0 Å². The fraction of sp³-hybridized carbons (Fsp3) is 0.154. The Labute approximate surface area is 123 Å². The summed E-state index contributed by atoms with van der Waals surface area (Å²) in [5, 5.41) is 18.0. The predicted octanol–water partition coefficient (Wildman–Crippen LogP) is 1.31. The molecular formula is C13H11NO6S. The topological polar surface area (TPSA) is 104 Å². The van der Waals surface area contributed by atoms with Crippen LogP contribution in [-0.4, -0.2) is 45.9 Å². The molecule has 21 heavy (non-hydrogen) atoms. The zero-order chi connectivity index (χ0) is 15.6. The van der Waals surface area contributed by atoms with Crippen LogP contribution in [0.2, 0.25) is 0 Å². The maximum atomic E-state index is 12.0. The van der Waals surface area contributed by atoms with E-state index in [9.17, 15) is 24.6 Å². The van der Waals surface area contributed by atoms with Crippen LogP contribution in [0.3, 0.4) is 0 Å². The van der Waals surface area contributed by atoms with Crippen LogP contribution in [0.15, 0.2) is 23.1 Å². The Kier molecular flexibility index (Phi) is 4.18. The van der Waals surface area contributed by atoms with Gasteiger partial charge < -0.3 is 14.9 Å². The lowest BCUT2D eigenvalue weighted by Crippen LogP contribution is -2.34. The predicted molar refractivity (Wildman–Crippen MR) is 74.5 cm³/mol. The molecule has 2 amide bonds. The summed E-state index contributed by atoms with van der Waals surface area (Å²) < 4.78 is 4.42. The zero-order valence-electron chi connectivity index (χ0n) is 10.9. The van der Waals surface area contributed by atoms with Crippen LogP contribution >= 0.6 is 11.8 Å². The standard InChI is InChI=1S/C13H11NO6S/c1-20-11(17)6-14-12(18)10(21-13(14)19)5-7-2-3-8(15)9(16)4-7/h2-5,15-16H,6H2,1H3/b10-5-. The van der Waals surface area contributed by atoms with Crippen LogP contribution < -0.4 is 0 Å². The second-order valence-electron chi connectivity index (χ2n) is 4.09. The number of nitrogens with zero attached hydrogens (tertiary/aromatic N) is 1. The molecular weight excluding hydrogens is 298 g/mol. The summed E-state index contributed by atoms with van der Waals surface area (Å²) in [5.74, 6) is -1.92. The highest BCUT2D eigenvalue weighted by molar-refractivity contribution is 8.18. The first-order valence-electron chi connectivity index (χ1n) is 5.76. The number of ether oxygens (including phenoxy) is 1. The largest absolute Gasteiger partial charge is 0.504 e. The summed E-state index contributed by atoms with van der Waals surface area (Å²) in [6.07, 6.45) is 1.39. The smallest absolute Gasteiger partial charge is 0.325 e. The van der Waals surface area contributed by atoms with E-state index < -0.39 is 23.7 Å². The van der Waals surface area contributed by atoms with Crippen LogP contribution in [-0.2, 0) is 14.3 Å². The number of rotatable bonds is 3. The Morgan fingerprint density at radius 1 is 1.33 bits per heavy atom. The average molecular weight is 309 g/mol. The molecule has 8 heteroatoms. The van der Waals surface area contributed by atoms with Crippen molar-refractivity contribution in [2.75, 3.05) is 13.7 Å². The number of esters is 1. The number of aromatic hydroxyl groups is 2. The molecule has 2 N–H and O–H groups in total. The molecule has 0 aromatic heterocycles. The third kappa shape index (κ3) is 3.16. The van der Waals surface area contributed by atoms with Gasteiger partial charge in [0, 0.05) is 0 Å². The van der Waals surface area contributed by atoms with Gasteiger partial charge in [-0.15, -0.1) is 0 Å². The lowest BCUT2D eigenvalue weighted by Gasteiger charge is -2.09. The molecule has 7 nitrogen and oxygen atoms in total. The Balaban J connectivity index is 2.23. The monoisotopic (exact) mass is 309 g/mol. The number of benzene rings is 1. The second kappa shape index (κ2) is 5.88. The minimum Gasteiger partial charge on any atom is -0.504 e. The van der Waals surface area contributed by atoms with E-state index in [1.165, 1.54) is 24.3 Å². The van der Waals surface area contributed by atoms with Crippen LogP contribution in [0.1, 0.15) is 5.56 Å². The van der Waals surface area contributed by atoms with Crippen molar-refractivity contribution in [1.29, 1.82) is 0 Å². The van der Waals surface area contributed by atoms with Gasteiger partial charge in [0.15, 0.2) is 11.5 Å². The fourth-order valence-corrected chi connectivity index (χ4v) is 2.45. The second-order valence-corrected chi connectivity index (χ2v) is 5.09. The third-order valence-corrected chi connectivity index (χ3v) is 3.59. The molecule has 0 saturated carbocycles. The molecule has 0 atom stereocenters. The summed E-state index contributed by atoms with van der Waals surface area (Å²) in [7, 11) is 1.16. The van der Waals surface area contributed by atoms with Gasteiger partial charge >= 0.3 is 5.97 Å². The molecule has 1 aliphatic heterocycles. The number of methoxy groups -OCH3 is 1. The minimum absolute atomic E-state index is 0.119. The molecule has 1 aromatic carbocycles. The van der Waals surface area contributed by atoms with Gasteiger partial charge in [-0.05, 0) is 35.5 Å². The molecule has 0 aliphatic carbocycles. The van der Waals surface area contributed by atoms with Gasteiger partial charge in [0.2, 0.25) is 0 Å². The van der Waals surface area contributed by atoms with Crippen molar-refractivity contribution in [2.24, 2.45) is 0 Å². The molecule has 1 heterocycles. The maximum Gasteiger partial charge on any atom is 0.325 e. The lowest BCUT2D eigenvalue weighted by molar-refractivity contribution is -0.143. The summed E-state index contributed by atoms with van der Waals surface area (Å²) in [6.45, 7) is -0.445. The Bertz CT molecular complexity index is 654. The van der Waals surface area contributed by atoms with E-state index in [-0.39, 0.29) is 16.4 Å². The maximum absolute atomic E-state index is 12.0. The molecule has 1 aliphatic rings. The molecule has 0 spiro atoms. The SMILES string of the molecule is COC(=O)CN1C(=O)S/C(=C\c2ccc(O)c(O)c2)C1=O. The molecule has 1 saturated heterocycles. The molecule has 110 valence electrons. The first-order valence-corrected chi connectivity index (χ1v) is 6.58. The summed E-state index contributed by atoms with van der Waals surface area (Å²) >= 11 is 0.686. The van der Waals surface area contributed by atoms with E-state index in [2.05, 4.69) is 4.74 Å². The number of amides is 2. The molecule has 0 unspecified atom stereocenters. The Hall–Kier alpha value is -2.48. The molecule has 2 rings (SSSR count). The van der Waals surface area contributed by atoms with Crippen molar-refractivity contribution in [3.63, 3.8) is 0 Å². The highest BCUT2D eigenvalue weighted by Gasteiger charge is 2.36. The lowest BCUT2D eigenvalue weighted by atomic mass is 10.2. The third-order valence-electron chi connectivity index (χ3n) is 2.69.